The minimum atomic E-state index is -0.878. The van der Waals surface area contributed by atoms with Crippen molar-refractivity contribution >= 4 is 191 Å². The van der Waals surface area contributed by atoms with E-state index in [-0.39, 0.29) is 66.3 Å². The molecule has 0 saturated heterocycles. The zero-order chi connectivity index (χ0) is 85.8. The molecule has 118 heavy (non-hydrogen) atoms. The van der Waals surface area contributed by atoms with Crippen molar-refractivity contribution in [3.8, 4) is 11.5 Å². The van der Waals surface area contributed by atoms with Gasteiger partial charge in [-0.05, 0) is 295 Å². The number of carbonyl (C=O) groups excluding carboxylic acids is 12. The molecule has 0 bridgehead atoms. The lowest BCUT2D eigenvalue weighted by molar-refractivity contribution is -0.138. The second kappa shape index (κ2) is 56.9. The van der Waals surface area contributed by atoms with Crippen LogP contribution in [0.5, 0.6) is 11.5 Å². The fourth-order valence-electron chi connectivity index (χ4n) is 10.3. The molecule has 12 N–H and O–H groups in total. The lowest BCUT2D eigenvalue weighted by atomic mass is 10.1. The number of aromatic carboxylic acids is 1. The number of aromatic amines is 1. The van der Waals surface area contributed by atoms with Gasteiger partial charge in [0, 0.05) is 157 Å². The summed E-state index contributed by atoms with van der Waals surface area (Å²) in [6, 6.07) is 47.2. The number of anilines is 2. The molecule has 9 amide bonds. The van der Waals surface area contributed by atoms with Crippen LogP contribution in [0, 0.1) is 21.2 Å². The SMILES string of the molecule is Cc1ccc(C(=O)NCCCC=O)cc1.Nc1ccc(OCCCCCNCCN2C(=O)C=CC2=O)cc1N.O=C(CCCCOc1ccc2nc(CCCNC(=O)c3ccc([125I])cc3)[nH]c2c1)NCCN1C(=O)C=CC1=O.O=C(O)c1ccc(I)cc1.O=CCCCNC(=O)c1ccc(I)cc1.O=CCCCNC(=O)c1ccc([125I])cc1. The summed E-state index contributed by atoms with van der Waals surface area (Å²) in [4.78, 5) is 155. The second-order valence-corrected chi connectivity index (χ2v) is 31.0. The lowest BCUT2D eigenvalue weighted by Crippen LogP contribution is -2.38. The van der Waals surface area contributed by atoms with Crippen LogP contribution >= 0.6 is 90.4 Å². The number of carboxylic acids is 1. The first-order valence-electron chi connectivity index (χ1n) is 38.1. The van der Waals surface area contributed by atoms with Crippen molar-refractivity contribution in [3.63, 3.8) is 0 Å². The minimum Gasteiger partial charge on any atom is -0.494 e. The molecule has 0 spiro atoms. The molecule has 10 rings (SSSR count). The van der Waals surface area contributed by atoms with E-state index < -0.39 is 5.97 Å². The lowest BCUT2D eigenvalue weighted by Gasteiger charge is -2.14. The third-order valence-electron chi connectivity index (χ3n) is 16.8. The number of aryl methyl sites for hydroxylation is 2. The van der Waals surface area contributed by atoms with Gasteiger partial charge in [-0.1, -0.05) is 17.7 Å². The first kappa shape index (κ1) is 98.3. The largest absolute Gasteiger partial charge is 0.494 e. The van der Waals surface area contributed by atoms with E-state index in [1.165, 1.54) is 29.2 Å². The van der Waals surface area contributed by atoms with Gasteiger partial charge >= 0.3 is 5.97 Å². The Balaban J connectivity index is 0.000000270. The number of benzene rings is 7. The van der Waals surface area contributed by atoms with Crippen LogP contribution in [0.25, 0.3) is 11.0 Å². The minimum absolute atomic E-state index is 0.0795. The number of nitrogens with two attached hydrogens (primary N) is 2. The maximum atomic E-state index is 12.2. The highest BCUT2D eigenvalue weighted by Gasteiger charge is 2.24. The number of rotatable bonds is 40. The Bertz CT molecular complexity index is 4430. The Hall–Kier alpha value is -10.3. The van der Waals surface area contributed by atoms with Gasteiger partial charge in [-0.3, -0.25) is 53.0 Å². The number of aldehydes is 3. The summed E-state index contributed by atoms with van der Waals surface area (Å²) in [7, 11) is 0. The molecule has 2 aliphatic rings. The molecule has 7 aromatic carbocycles. The maximum absolute atomic E-state index is 12.2. The normalized spacial score (nSPS) is 11.5. The molecule has 0 saturated carbocycles. The van der Waals surface area contributed by atoms with Gasteiger partial charge in [-0.25, -0.2) is 9.78 Å². The summed E-state index contributed by atoms with van der Waals surface area (Å²) >= 11 is 8.71. The van der Waals surface area contributed by atoms with E-state index in [1.54, 1.807) is 72.8 Å². The molecule has 8 aromatic rings. The average molecular weight is 2060 g/mol. The van der Waals surface area contributed by atoms with Gasteiger partial charge in [0.1, 0.15) is 36.2 Å². The van der Waals surface area contributed by atoms with Gasteiger partial charge in [0.2, 0.25) is 5.91 Å². The van der Waals surface area contributed by atoms with Crippen LogP contribution in [0.3, 0.4) is 0 Å². The van der Waals surface area contributed by atoms with E-state index in [1.807, 2.05) is 91.9 Å². The molecule has 1 aromatic heterocycles. The highest BCUT2D eigenvalue weighted by atomic mass is 127. The molecular weight excluding hydrogens is 1960 g/mol. The van der Waals surface area contributed by atoms with Crippen LogP contribution in [0.4, 0.5) is 11.4 Å². The number of nitrogen functional groups attached to an aromatic ring is 2. The van der Waals surface area contributed by atoms with Crippen molar-refractivity contribution < 1.29 is 76.9 Å². The molecule has 28 nitrogen and oxygen atoms in total. The van der Waals surface area contributed by atoms with Crippen LogP contribution in [-0.2, 0) is 44.8 Å². The summed E-state index contributed by atoms with van der Waals surface area (Å²) in [5.41, 5.74) is 18.3. The monoisotopic (exact) mass is 2060 g/mol. The zero-order valence-electron chi connectivity index (χ0n) is 65.3. The second-order valence-electron chi connectivity index (χ2n) is 26.0. The quantitative estimate of drug-likeness (QED) is 0.00560. The van der Waals surface area contributed by atoms with Crippen molar-refractivity contribution in [3.05, 3.63) is 236 Å². The number of H-pyrrole nitrogens is 1. The van der Waals surface area contributed by atoms with Crippen molar-refractivity contribution in [2.75, 3.05) is 83.6 Å². The van der Waals surface area contributed by atoms with Crippen LogP contribution in [0.1, 0.15) is 147 Å². The van der Waals surface area contributed by atoms with Gasteiger partial charge in [0.05, 0.1) is 41.2 Å². The molecule has 0 unspecified atom stereocenters. The maximum Gasteiger partial charge on any atom is 0.335 e. The predicted molar refractivity (Wildman–Crippen MR) is 486 cm³/mol. The molecule has 0 fully saturated rings. The Morgan fingerprint density at radius 2 is 0.864 bits per heavy atom. The molecule has 3 heterocycles. The van der Waals surface area contributed by atoms with Crippen molar-refractivity contribution in [1.29, 1.82) is 0 Å². The number of hydrogen-bond donors (Lipinski definition) is 10. The average Bonchev–Trinajstić information content (AvgIpc) is 1.68. The number of nitrogens with zero attached hydrogens (tertiary/aromatic N) is 3. The molecule has 2 aliphatic heterocycles. The number of hydrogen-bond acceptors (Lipinski definition) is 19. The molecule has 626 valence electrons. The van der Waals surface area contributed by atoms with E-state index in [4.69, 9.17) is 26.0 Å². The van der Waals surface area contributed by atoms with Crippen molar-refractivity contribution in [1.82, 2.24) is 51.7 Å². The van der Waals surface area contributed by atoms with Gasteiger partial charge in [0.25, 0.3) is 47.3 Å². The Kier molecular flexibility index (Phi) is 47.4. The molecule has 32 heteroatoms. The summed E-state index contributed by atoms with van der Waals surface area (Å²) in [5, 5.41) is 25.6. The van der Waals surface area contributed by atoms with Gasteiger partial charge in [0.15, 0.2) is 0 Å². The number of fused-ring (bicyclic) bond motifs is 1. The van der Waals surface area contributed by atoms with Crippen LogP contribution < -0.4 is 52.8 Å². The van der Waals surface area contributed by atoms with Gasteiger partial charge < -0.3 is 77.3 Å². The first-order valence-corrected chi connectivity index (χ1v) is 42.4. The molecule has 0 aliphatic carbocycles. The number of amides is 9. The number of nitrogens with one attached hydrogen (secondary N) is 7. The fraction of sp³-hybridized carbons (Fsp3) is 0.302. The predicted octanol–water partition coefficient (Wildman–Crippen LogP) is 11.7. The van der Waals surface area contributed by atoms with Gasteiger partial charge in [-0.2, -0.15) is 0 Å². The number of unbranched alkanes of at least 4 members (excludes halogenated alkanes) is 6. The van der Waals surface area contributed by atoms with Crippen LogP contribution in [0.2, 0.25) is 0 Å². The molecule has 0 radical (unpaired) electrons. The van der Waals surface area contributed by atoms with E-state index >= 15 is 0 Å². The smallest absolute Gasteiger partial charge is 0.335 e. The summed E-state index contributed by atoms with van der Waals surface area (Å²) in [6.07, 6.45) is 17.4. The standard InChI is InChI=1S/C28H30IN5O5.C17H24N4O3.C12H15NO2.2C11H12INO2.C7H5IO2/c29-20-8-6-19(7-9-20)28(38)31-14-3-4-24-32-22-11-10-21(18-23(22)33-24)39-17-2-1-5-25(35)30-15-16-34-26(36)12-13-27(34)37;18-14-5-4-13(12-15(14)19)24-11-3-1-2-8-20-9-10-21-16(22)6-7-17(21)23;1-10-4-6-11(7-5-10)12(15)13-8-2-3-9-14;2*12-10-5-3-9(4-6-10)11(15)13-7-1-2-8-14;8-6-3-1-5(2-4-6)7(9)10/h6-13,18H,1-5,14-17H2,(H,30,35)(H,31,38)(H,32,33);4-7,12,20H,1-3,8-11,18-19H2;4-7,9H,2-3,8H2,1H3,(H,13,15);2*3-6,8H,1-2,7H2,(H,13,15);1-4H,(H,9,10)/i29-2;;;12-2;;. The number of carbonyl (C=O) groups is 13. The summed E-state index contributed by atoms with van der Waals surface area (Å²) in [5.74, 6) is -0.200. The Morgan fingerprint density at radius 1 is 0.458 bits per heavy atom. The van der Waals surface area contributed by atoms with E-state index in [9.17, 15) is 62.3 Å². The summed E-state index contributed by atoms with van der Waals surface area (Å²) in [6.45, 7) is 7.55. The van der Waals surface area contributed by atoms with E-state index in [0.29, 0.717) is 156 Å². The molecular formula is C86H98I4N12O16. The van der Waals surface area contributed by atoms with Crippen molar-refractivity contribution in [2.45, 2.75) is 96.8 Å². The van der Waals surface area contributed by atoms with Crippen LogP contribution in [0.15, 0.2) is 182 Å². The highest BCUT2D eigenvalue weighted by Crippen LogP contribution is 2.23. The number of halogens is 4. The topological polar surface area (TPSA) is 420 Å². The van der Waals surface area contributed by atoms with E-state index in [2.05, 4.69) is 132 Å². The third kappa shape index (κ3) is 39.8. The number of imide groups is 2. The number of carboxylic acid groups (broad SMARTS) is 1. The fourth-order valence-corrected chi connectivity index (χ4v) is 11.8. The first-order chi connectivity index (χ1) is 56.9. The zero-order valence-corrected chi connectivity index (χ0v) is 73.9. The molecule has 0 atom stereocenters. The van der Waals surface area contributed by atoms with Crippen LogP contribution in [-0.4, -0.2) is 175 Å². The number of aromatic nitrogens is 2. The summed E-state index contributed by atoms with van der Waals surface area (Å²) < 4.78 is 15.8. The van der Waals surface area contributed by atoms with E-state index in [0.717, 1.165) is 104 Å². The Morgan fingerprint density at radius 3 is 1.31 bits per heavy atom. The third-order valence-corrected chi connectivity index (χ3v) is 19.7. The highest BCUT2D eigenvalue weighted by molar-refractivity contribution is 14.1. The Labute approximate surface area is 740 Å². The number of ether oxygens (including phenoxy) is 2. The van der Waals surface area contributed by atoms with Crippen molar-refractivity contribution in [2.24, 2.45) is 0 Å². The van der Waals surface area contributed by atoms with Gasteiger partial charge in [-0.15, -0.1) is 0 Å². The number of imidazole rings is 1.